The zero-order chi connectivity index (χ0) is 18.6. The summed E-state index contributed by atoms with van der Waals surface area (Å²) in [5, 5.41) is 17.4. The highest BCUT2D eigenvalue weighted by Gasteiger charge is 2.18. The molecule has 2 amide bonds. The first-order valence-corrected chi connectivity index (χ1v) is 7.63. The molecule has 2 rings (SSSR count). The summed E-state index contributed by atoms with van der Waals surface area (Å²) in [5.41, 5.74) is 2.17. The Labute approximate surface area is 144 Å². The lowest BCUT2D eigenvalue weighted by Crippen LogP contribution is -2.32. The van der Waals surface area contributed by atoms with Crippen LogP contribution in [0.25, 0.3) is 0 Å². The first-order valence-electron chi connectivity index (χ1n) is 7.63. The molecule has 1 atom stereocenters. The summed E-state index contributed by atoms with van der Waals surface area (Å²) in [6, 6.07) is 6.75. The van der Waals surface area contributed by atoms with Crippen LogP contribution in [-0.2, 0) is 9.59 Å². The number of aromatic nitrogens is 1. The second kappa shape index (κ2) is 7.61. The summed E-state index contributed by atoms with van der Waals surface area (Å²) >= 11 is 0. The van der Waals surface area contributed by atoms with Crippen LogP contribution < -0.4 is 10.6 Å². The number of anilines is 1. The van der Waals surface area contributed by atoms with Gasteiger partial charge in [-0.05, 0) is 38.5 Å². The number of aryl methyl sites for hydroxylation is 2. The van der Waals surface area contributed by atoms with E-state index in [-0.39, 0.29) is 11.8 Å². The third kappa shape index (κ3) is 4.43. The summed E-state index contributed by atoms with van der Waals surface area (Å²) in [5.74, 6) is -1.87. The highest BCUT2D eigenvalue weighted by molar-refractivity contribution is 6.05. The molecular formula is C17H19N3O5. The molecule has 25 heavy (non-hydrogen) atoms. The largest absolute Gasteiger partial charge is 0.480 e. The van der Waals surface area contributed by atoms with Crippen molar-refractivity contribution >= 4 is 23.5 Å². The lowest BCUT2D eigenvalue weighted by atomic mass is 10.00. The zero-order valence-corrected chi connectivity index (χ0v) is 14.1. The van der Waals surface area contributed by atoms with E-state index in [4.69, 9.17) is 9.63 Å². The van der Waals surface area contributed by atoms with Crippen LogP contribution >= 0.6 is 0 Å². The average molecular weight is 345 g/mol. The fourth-order valence-corrected chi connectivity index (χ4v) is 2.32. The first kappa shape index (κ1) is 18.2. The molecule has 1 aromatic heterocycles. The van der Waals surface area contributed by atoms with Crippen LogP contribution in [0.1, 0.15) is 40.2 Å². The number of carbonyl (C=O) groups is 3. The van der Waals surface area contributed by atoms with Crippen LogP contribution in [0.2, 0.25) is 0 Å². The molecule has 8 heteroatoms. The number of aliphatic carboxylic acids is 1. The first-order chi connectivity index (χ1) is 11.8. The van der Waals surface area contributed by atoms with Crippen molar-refractivity contribution < 1.29 is 24.0 Å². The van der Waals surface area contributed by atoms with E-state index in [1.165, 1.54) is 0 Å². The second-order valence-corrected chi connectivity index (χ2v) is 5.61. The molecule has 0 saturated carbocycles. The molecule has 0 fully saturated rings. The normalized spacial score (nSPS) is 11.6. The van der Waals surface area contributed by atoms with Crippen molar-refractivity contribution in [2.24, 2.45) is 0 Å². The van der Waals surface area contributed by atoms with Gasteiger partial charge in [-0.1, -0.05) is 17.3 Å². The Morgan fingerprint density at radius 2 is 1.84 bits per heavy atom. The van der Waals surface area contributed by atoms with Gasteiger partial charge >= 0.3 is 5.97 Å². The number of hydrogen-bond acceptors (Lipinski definition) is 5. The molecular weight excluding hydrogens is 326 g/mol. The molecule has 2 aromatic rings. The van der Waals surface area contributed by atoms with Crippen molar-refractivity contribution in [1.82, 2.24) is 10.5 Å². The fraction of sp³-hybridized carbons (Fsp3) is 0.294. The number of carboxylic acid groups (broad SMARTS) is 1. The average Bonchev–Trinajstić information content (AvgIpc) is 2.91. The minimum atomic E-state index is -1.10. The highest BCUT2D eigenvalue weighted by atomic mass is 16.5. The Kier molecular flexibility index (Phi) is 5.53. The maximum absolute atomic E-state index is 12.3. The Bertz CT molecular complexity index is 776. The van der Waals surface area contributed by atoms with Gasteiger partial charge in [-0.2, -0.15) is 0 Å². The molecule has 3 N–H and O–H groups in total. The van der Waals surface area contributed by atoms with E-state index in [0.29, 0.717) is 28.3 Å². The van der Waals surface area contributed by atoms with E-state index in [9.17, 15) is 14.4 Å². The van der Waals surface area contributed by atoms with Gasteiger partial charge in [0.25, 0.3) is 5.91 Å². The maximum atomic E-state index is 12.3. The predicted molar refractivity (Wildman–Crippen MR) is 89.4 cm³/mol. The van der Waals surface area contributed by atoms with Gasteiger partial charge in [0.2, 0.25) is 5.91 Å². The lowest BCUT2D eigenvalue weighted by molar-refractivity contribution is -0.138. The van der Waals surface area contributed by atoms with E-state index in [2.05, 4.69) is 15.8 Å². The monoisotopic (exact) mass is 345 g/mol. The summed E-state index contributed by atoms with van der Waals surface area (Å²) in [6.45, 7) is 4.60. The number of carbonyl (C=O) groups excluding carboxylic acids is 2. The summed E-state index contributed by atoms with van der Waals surface area (Å²) in [6.07, 6.45) is 0. The second-order valence-electron chi connectivity index (χ2n) is 5.61. The van der Waals surface area contributed by atoms with Gasteiger partial charge in [-0.15, -0.1) is 0 Å². The fourth-order valence-electron chi connectivity index (χ4n) is 2.32. The Hall–Kier alpha value is -3.16. The van der Waals surface area contributed by atoms with Crippen LogP contribution in [0.3, 0.4) is 0 Å². The van der Waals surface area contributed by atoms with Crippen LogP contribution in [-0.4, -0.2) is 34.6 Å². The van der Waals surface area contributed by atoms with Gasteiger partial charge in [0, 0.05) is 5.69 Å². The van der Waals surface area contributed by atoms with Crippen molar-refractivity contribution in [3.05, 3.63) is 46.8 Å². The molecule has 1 aromatic carbocycles. The number of hydrogen-bond donors (Lipinski definition) is 3. The molecule has 132 valence electrons. The quantitative estimate of drug-likeness (QED) is 0.734. The van der Waals surface area contributed by atoms with E-state index in [1.54, 1.807) is 45.0 Å². The van der Waals surface area contributed by atoms with Crippen molar-refractivity contribution in [3.8, 4) is 0 Å². The number of nitrogens with one attached hydrogen (secondary N) is 2. The van der Waals surface area contributed by atoms with Crippen molar-refractivity contribution in [1.29, 1.82) is 0 Å². The maximum Gasteiger partial charge on any atom is 0.322 e. The standard InChI is InChI=1S/C17H19N3O5/c1-9(16(23)18-8-14(21)22)12-4-6-13(7-5-12)19-17(24)15-10(2)20-25-11(15)3/h4-7,9H,8H2,1-3H3,(H,18,23)(H,19,24)(H,21,22). The van der Waals surface area contributed by atoms with Gasteiger partial charge in [0.15, 0.2) is 0 Å². The van der Waals surface area contributed by atoms with Gasteiger partial charge in [-0.25, -0.2) is 0 Å². The third-order valence-corrected chi connectivity index (χ3v) is 3.74. The Balaban J connectivity index is 2.03. The minimum Gasteiger partial charge on any atom is -0.480 e. The minimum absolute atomic E-state index is 0.323. The van der Waals surface area contributed by atoms with Crippen LogP contribution in [0.15, 0.2) is 28.8 Å². The van der Waals surface area contributed by atoms with E-state index >= 15 is 0 Å². The topological polar surface area (TPSA) is 122 Å². The van der Waals surface area contributed by atoms with Gasteiger partial charge in [0.1, 0.15) is 17.9 Å². The molecule has 0 aliphatic rings. The highest BCUT2D eigenvalue weighted by Crippen LogP contribution is 2.20. The van der Waals surface area contributed by atoms with E-state index < -0.39 is 18.4 Å². The number of benzene rings is 1. The van der Waals surface area contributed by atoms with Crippen molar-refractivity contribution in [3.63, 3.8) is 0 Å². The summed E-state index contributed by atoms with van der Waals surface area (Å²) in [7, 11) is 0. The molecule has 1 heterocycles. The van der Waals surface area contributed by atoms with Crippen LogP contribution in [0.5, 0.6) is 0 Å². The number of rotatable bonds is 6. The molecule has 1 unspecified atom stereocenters. The van der Waals surface area contributed by atoms with Gasteiger partial charge < -0.3 is 20.3 Å². The Morgan fingerprint density at radius 3 is 2.36 bits per heavy atom. The smallest absolute Gasteiger partial charge is 0.322 e. The van der Waals surface area contributed by atoms with Crippen molar-refractivity contribution in [2.75, 3.05) is 11.9 Å². The van der Waals surface area contributed by atoms with E-state index in [0.717, 1.165) is 0 Å². The van der Waals surface area contributed by atoms with E-state index in [1.807, 2.05) is 0 Å². The van der Waals surface area contributed by atoms with Crippen LogP contribution in [0.4, 0.5) is 5.69 Å². The third-order valence-electron chi connectivity index (χ3n) is 3.74. The van der Waals surface area contributed by atoms with Crippen LogP contribution in [0, 0.1) is 13.8 Å². The predicted octanol–water partition coefficient (Wildman–Crippen LogP) is 1.85. The van der Waals surface area contributed by atoms with Crippen molar-refractivity contribution in [2.45, 2.75) is 26.7 Å². The number of nitrogens with zero attached hydrogens (tertiary/aromatic N) is 1. The lowest BCUT2D eigenvalue weighted by Gasteiger charge is -2.12. The molecule has 0 radical (unpaired) electrons. The zero-order valence-electron chi connectivity index (χ0n) is 14.1. The summed E-state index contributed by atoms with van der Waals surface area (Å²) < 4.78 is 4.97. The molecule has 8 nitrogen and oxygen atoms in total. The molecule has 0 saturated heterocycles. The molecule has 0 aliphatic heterocycles. The molecule has 0 spiro atoms. The number of carboxylic acids is 1. The Morgan fingerprint density at radius 1 is 1.20 bits per heavy atom. The van der Waals surface area contributed by atoms with Gasteiger partial charge in [-0.3, -0.25) is 14.4 Å². The molecule has 0 bridgehead atoms. The van der Waals surface area contributed by atoms with Gasteiger partial charge in [0.05, 0.1) is 11.6 Å². The SMILES string of the molecule is Cc1noc(C)c1C(=O)Nc1ccc(C(C)C(=O)NCC(=O)O)cc1. The number of amides is 2. The molecule has 0 aliphatic carbocycles. The summed E-state index contributed by atoms with van der Waals surface area (Å²) in [4.78, 5) is 34.6.